The van der Waals surface area contributed by atoms with Crippen LogP contribution in [0.5, 0.6) is 5.75 Å². The third-order valence-electron chi connectivity index (χ3n) is 2.93. The Balaban J connectivity index is 2.29. The van der Waals surface area contributed by atoms with Crippen LogP contribution in [0.25, 0.3) is 0 Å². The second-order valence-corrected chi connectivity index (χ2v) is 5.15. The van der Waals surface area contributed by atoms with E-state index in [4.69, 9.17) is 10.5 Å². The molecule has 108 valence electrons. The summed E-state index contributed by atoms with van der Waals surface area (Å²) < 4.78 is 5.18. The largest absolute Gasteiger partial charge is 0.497 e. The van der Waals surface area contributed by atoms with E-state index < -0.39 is 0 Å². The molecule has 0 fully saturated rings. The Morgan fingerprint density at radius 3 is 2.95 bits per heavy atom. The van der Waals surface area contributed by atoms with Crippen molar-refractivity contribution in [3.8, 4) is 17.6 Å². The zero-order chi connectivity index (χ0) is 15.2. The van der Waals surface area contributed by atoms with Crippen molar-refractivity contribution in [1.82, 2.24) is 0 Å². The lowest BCUT2D eigenvalue weighted by Gasteiger charge is -2.17. The molecule has 2 aromatic rings. The molecule has 5 heteroatoms. The lowest BCUT2D eigenvalue weighted by molar-refractivity contribution is 0.0996. The van der Waals surface area contributed by atoms with E-state index in [9.17, 15) is 4.79 Å². The Morgan fingerprint density at radius 1 is 1.43 bits per heavy atom. The van der Waals surface area contributed by atoms with Crippen LogP contribution in [0.1, 0.15) is 15.2 Å². The van der Waals surface area contributed by atoms with Crippen LogP contribution in [0.4, 0.5) is 5.69 Å². The molecule has 0 bridgehead atoms. The first-order valence-corrected chi connectivity index (χ1v) is 7.24. The van der Waals surface area contributed by atoms with E-state index in [1.54, 1.807) is 19.1 Å². The summed E-state index contributed by atoms with van der Waals surface area (Å²) >= 11 is 1.38. The van der Waals surface area contributed by atoms with Gasteiger partial charge < -0.3 is 15.4 Å². The third-order valence-corrected chi connectivity index (χ3v) is 3.83. The van der Waals surface area contributed by atoms with Gasteiger partial charge in [-0.3, -0.25) is 4.79 Å². The summed E-state index contributed by atoms with van der Waals surface area (Å²) in [5.41, 5.74) is 6.86. The molecule has 1 heterocycles. The minimum Gasteiger partial charge on any atom is -0.497 e. The Labute approximate surface area is 128 Å². The van der Waals surface area contributed by atoms with E-state index in [0.29, 0.717) is 16.2 Å². The van der Waals surface area contributed by atoms with Crippen LogP contribution in [0.15, 0.2) is 35.7 Å². The highest BCUT2D eigenvalue weighted by atomic mass is 32.1. The maximum absolute atomic E-state index is 12.6. The fourth-order valence-electron chi connectivity index (χ4n) is 1.81. The highest BCUT2D eigenvalue weighted by Gasteiger charge is 2.18. The molecule has 0 saturated heterocycles. The molecular weight excluding hydrogens is 284 g/mol. The summed E-state index contributed by atoms with van der Waals surface area (Å²) in [4.78, 5) is 14.8. The van der Waals surface area contributed by atoms with E-state index in [-0.39, 0.29) is 12.5 Å². The fourth-order valence-corrected chi connectivity index (χ4v) is 2.63. The normalized spacial score (nSPS) is 9.67. The second-order valence-electron chi connectivity index (χ2n) is 4.23. The molecule has 0 aliphatic heterocycles. The summed E-state index contributed by atoms with van der Waals surface area (Å²) in [7, 11) is 3.33. The molecule has 4 nitrogen and oxygen atoms in total. The van der Waals surface area contributed by atoms with Gasteiger partial charge in [0.15, 0.2) is 0 Å². The van der Waals surface area contributed by atoms with Crippen molar-refractivity contribution in [3.05, 3.63) is 46.2 Å². The first-order valence-electron chi connectivity index (χ1n) is 6.36. The van der Waals surface area contributed by atoms with E-state index in [0.717, 1.165) is 5.69 Å². The van der Waals surface area contributed by atoms with Crippen LogP contribution < -0.4 is 15.4 Å². The topological polar surface area (TPSA) is 55.6 Å². The molecular formula is C16H16N2O2S. The Kier molecular flexibility index (Phi) is 4.99. The van der Waals surface area contributed by atoms with E-state index in [1.165, 1.54) is 11.3 Å². The minimum atomic E-state index is -0.0976. The maximum atomic E-state index is 12.6. The summed E-state index contributed by atoms with van der Waals surface area (Å²) in [6.45, 7) is 0.273. The molecule has 21 heavy (non-hydrogen) atoms. The van der Waals surface area contributed by atoms with Gasteiger partial charge in [-0.25, -0.2) is 0 Å². The standard InChI is InChI=1S/C16H16N2O2S/c1-18(13-6-3-7-14(11-13)20-2)16(19)15-12(5-4-9-17)8-10-21-15/h3,6-8,10-11H,9,17H2,1-2H3. The van der Waals surface area contributed by atoms with Gasteiger partial charge in [-0.15, -0.1) is 11.3 Å². The van der Waals surface area contributed by atoms with Gasteiger partial charge >= 0.3 is 0 Å². The van der Waals surface area contributed by atoms with Crippen LogP contribution in [0.2, 0.25) is 0 Å². The maximum Gasteiger partial charge on any atom is 0.269 e. The van der Waals surface area contributed by atoms with Crippen LogP contribution in [0.3, 0.4) is 0 Å². The van der Waals surface area contributed by atoms with Gasteiger partial charge in [0.25, 0.3) is 5.91 Å². The van der Waals surface area contributed by atoms with Gasteiger partial charge in [-0.05, 0) is 23.6 Å². The molecule has 0 radical (unpaired) electrons. The highest BCUT2D eigenvalue weighted by molar-refractivity contribution is 7.12. The average molecular weight is 300 g/mol. The smallest absolute Gasteiger partial charge is 0.269 e. The predicted octanol–water partition coefficient (Wildman–Crippen LogP) is 2.34. The molecule has 1 aromatic carbocycles. The zero-order valence-electron chi connectivity index (χ0n) is 11.9. The number of methoxy groups -OCH3 is 1. The number of amides is 1. The number of hydrogen-bond donors (Lipinski definition) is 1. The van der Waals surface area contributed by atoms with Crippen molar-refractivity contribution in [2.24, 2.45) is 5.73 Å². The Morgan fingerprint density at radius 2 is 2.24 bits per heavy atom. The van der Waals surface area contributed by atoms with Crippen molar-refractivity contribution in [1.29, 1.82) is 0 Å². The summed E-state index contributed by atoms with van der Waals surface area (Å²) in [6, 6.07) is 9.20. The van der Waals surface area contributed by atoms with Gasteiger partial charge in [0.1, 0.15) is 10.6 Å². The monoisotopic (exact) mass is 300 g/mol. The lowest BCUT2D eigenvalue weighted by Crippen LogP contribution is -2.26. The van der Waals surface area contributed by atoms with Crippen molar-refractivity contribution < 1.29 is 9.53 Å². The minimum absolute atomic E-state index is 0.0976. The number of carbonyl (C=O) groups excluding carboxylic acids is 1. The van der Waals surface area contributed by atoms with Gasteiger partial charge in [0, 0.05) is 24.4 Å². The second kappa shape index (κ2) is 6.93. The SMILES string of the molecule is COc1cccc(N(C)C(=O)c2sccc2C#CCN)c1. The summed E-state index contributed by atoms with van der Waals surface area (Å²) in [5.74, 6) is 6.31. The molecule has 1 amide bonds. The van der Waals surface area contributed by atoms with Gasteiger partial charge in [-0.1, -0.05) is 17.9 Å². The van der Waals surface area contributed by atoms with Crippen LogP contribution in [-0.2, 0) is 0 Å². The van der Waals surface area contributed by atoms with Crippen LogP contribution in [-0.4, -0.2) is 26.6 Å². The number of rotatable bonds is 3. The number of benzene rings is 1. The number of carbonyl (C=O) groups is 1. The van der Waals surface area contributed by atoms with E-state index in [2.05, 4.69) is 11.8 Å². The quantitative estimate of drug-likeness (QED) is 0.885. The summed E-state index contributed by atoms with van der Waals surface area (Å²) in [5, 5.41) is 1.85. The zero-order valence-corrected chi connectivity index (χ0v) is 12.7. The molecule has 0 atom stereocenters. The average Bonchev–Trinajstić information content (AvgIpc) is 2.99. The molecule has 0 saturated carbocycles. The van der Waals surface area contributed by atoms with E-state index >= 15 is 0 Å². The molecule has 0 aliphatic carbocycles. The molecule has 0 spiro atoms. The molecule has 2 N–H and O–H groups in total. The number of nitrogens with zero attached hydrogens (tertiary/aromatic N) is 1. The number of anilines is 1. The number of nitrogens with two attached hydrogens (primary N) is 1. The van der Waals surface area contributed by atoms with Crippen molar-refractivity contribution >= 4 is 22.9 Å². The fraction of sp³-hybridized carbons (Fsp3) is 0.188. The van der Waals surface area contributed by atoms with Crippen molar-refractivity contribution in [2.75, 3.05) is 25.6 Å². The molecule has 2 rings (SSSR count). The predicted molar refractivity (Wildman–Crippen MR) is 86.0 cm³/mol. The molecule has 0 aliphatic rings. The summed E-state index contributed by atoms with van der Waals surface area (Å²) in [6.07, 6.45) is 0. The number of ether oxygens (including phenoxy) is 1. The number of hydrogen-bond acceptors (Lipinski definition) is 4. The van der Waals surface area contributed by atoms with Crippen molar-refractivity contribution in [3.63, 3.8) is 0 Å². The van der Waals surface area contributed by atoms with Crippen LogP contribution in [0, 0.1) is 11.8 Å². The first kappa shape index (κ1) is 15.1. The van der Waals surface area contributed by atoms with E-state index in [1.807, 2.05) is 35.7 Å². The Bertz CT molecular complexity index is 698. The molecule has 1 aromatic heterocycles. The number of thiophene rings is 1. The van der Waals surface area contributed by atoms with Gasteiger partial charge in [0.2, 0.25) is 0 Å². The van der Waals surface area contributed by atoms with Crippen molar-refractivity contribution in [2.45, 2.75) is 0 Å². The lowest BCUT2D eigenvalue weighted by atomic mass is 10.2. The first-order chi connectivity index (χ1) is 10.2. The third kappa shape index (κ3) is 3.43. The Hall–Kier alpha value is -2.29. The van der Waals surface area contributed by atoms with Gasteiger partial charge in [-0.2, -0.15) is 0 Å². The van der Waals surface area contributed by atoms with Crippen LogP contribution >= 0.6 is 11.3 Å². The van der Waals surface area contributed by atoms with Gasteiger partial charge in [0.05, 0.1) is 13.7 Å². The highest BCUT2D eigenvalue weighted by Crippen LogP contribution is 2.24. The molecule has 0 unspecified atom stereocenters.